The average Bonchev–Trinajstić information content (AvgIpc) is 2.73. The van der Waals surface area contributed by atoms with Crippen LogP contribution in [0.25, 0.3) is 0 Å². The van der Waals surface area contributed by atoms with Gasteiger partial charge in [-0.15, -0.1) is 0 Å². The van der Waals surface area contributed by atoms with Gasteiger partial charge >= 0.3 is 5.97 Å². The monoisotopic (exact) mass is 255 g/mol. The Bertz CT molecular complexity index is 365. The van der Waals surface area contributed by atoms with Crippen molar-refractivity contribution < 1.29 is 14.4 Å². The molecule has 0 bridgehead atoms. The van der Waals surface area contributed by atoms with Crippen molar-refractivity contribution in [3.05, 3.63) is 11.7 Å². The van der Waals surface area contributed by atoms with Gasteiger partial charge in [-0.25, -0.2) is 0 Å². The molecular formula is C12H21N3O3. The van der Waals surface area contributed by atoms with Gasteiger partial charge in [-0.2, -0.15) is 4.98 Å². The molecule has 1 rings (SSSR count). The van der Waals surface area contributed by atoms with Gasteiger partial charge in [-0.1, -0.05) is 25.4 Å². The number of carboxylic acid groups (broad SMARTS) is 1. The number of hydrogen-bond donors (Lipinski definition) is 1. The zero-order valence-electron chi connectivity index (χ0n) is 11.1. The van der Waals surface area contributed by atoms with Crippen molar-refractivity contribution in [2.45, 2.75) is 46.1 Å². The Morgan fingerprint density at radius 2 is 2.17 bits per heavy atom. The van der Waals surface area contributed by atoms with Gasteiger partial charge in [-0.05, 0) is 19.4 Å². The molecule has 0 atom stereocenters. The van der Waals surface area contributed by atoms with Crippen molar-refractivity contribution in [1.82, 2.24) is 15.0 Å². The molecule has 6 nitrogen and oxygen atoms in total. The maximum absolute atomic E-state index is 10.7. The molecule has 0 amide bonds. The molecule has 0 fully saturated rings. The lowest BCUT2D eigenvalue weighted by Crippen LogP contribution is -2.30. The average molecular weight is 255 g/mol. The number of rotatable bonds is 9. The number of hydrogen-bond acceptors (Lipinski definition) is 5. The molecule has 18 heavy (non-hydrogen) atoms. The summed E-state index contributed by atoms with van der Waals surface area (Å²) in [5.74, 6) is 0.368. The maximum atomic E-state index is 10.7. The van der Waals surface area contributed by atoms with Gasteiger partial charge in [-0.3, -0.25) is 9.69 Å². The highest BCUT2D eigenvalue weighted by Gasteiger charge is 2.13. The van der Waals surface area contributed by atoms with Crippen LogP contribution in [0.5, 0.6) is 0 Å². The summed E-state index contributed by atoms with van der Waals surface area (Å²) in [6, 6.07) is 0. The minimum absolute atomic E-state index is 0.00662. The predicted molar refractivity (Wildman–Crippen MR) is 66.1 cm³/mol. The normalized spacial score (nSPS) is 11.1. The van der Waals surface area contributed by atoms with E-state index in [1.807, 2.05) is 6.92 Å². The first-order chi connectivity index (χ1) is 8.65. The van der Waals surface area contributed by atoms with Gasteiger partial charge in [0.25, 0.3) is 0 Å². The second kappa shape index (κ2) is 7.81. The van der Waals surface area contributed by atoms with Crippen molar-refractivity contribution in [2.24, 2.45) is 0 Å². The summed E-state index contributed by atoms with van der Waals surface area (Å²) in [6.45, 7) is 5.26. The van der Waals surface area contributed by atoms with E-state index >= 15 is 0 Å². The summed E-state index contributed by atoms with van der Waals surface area (Å²) < 4.78 is 5.12. The number of aliphatic carboxylic acids is 1. The molecule has 6 heteroatoms. The van der Waals surface area contributed by atoms with Crippen LogP contribution < -0.4 is 0 Å². The van der Waals surface area contributed by atoms with Gasteiger partial charge in [0.05, 0.1) is 13.1 Å². The molecule has 0 aliphatic carbocycles. The van der Waals surface area contributed by atoms with Gasteiger partial charge in [0.15, 0.2) is 5.82 Å². The summed E-state index contributed by atoms with van der Waals surface area (Å²) in [4.78, 5) is 16.8. The predicted octanol–water partition coefficient (Wildman–Crippen LogP) is 1.71. The van der Waals surface area contributed by atoms with Crippen molar-refractivity contribution in [1.29, 1.82) is 0 Å². The first kappa shape index (κ1) is 14.6. The van der Waals surface area contributed by atoms with Crippen LogP contribution >= 0.6 is 0 Å². The fraction of sp³-hybridized carbons (Fsp3) is 0.750. The highest BCUT2D eigenvalue weighted by molar-refractivity contribution is 5.69. The standard InChI is InChI=1S/C12H21N3O3/c1-3-5-6-11-13-10(14-18-11)8-15(7-4-2)9-12(16)17/h3-9H2,1-2H3,(H,16,17). The lowest BCUT2D eigenvalue weighted by atomic mass is 10.2. The second-order valence-corrected chi connectivity index (χ2v) is 4.31. The minimum Gasteiger partial charge on any atom is -0.480 e. The summed E-state index contributed by atoms with van der Waals surface area (Å²) in [6.07, 6.45) is 3.79. The molecule has 1 heterocycles. The highest BCUT2D eigenvalue weighted by Crippen LogP contribution is 2.05. The van der Waals surface area contributed by atoms with Crippen molar-refractivity contribution in [3.63, 3.8) is 0 Å². The largest absolute Gasteiger partial charge is 0.480 e. The zero-order valence-corrected chi connectivity index (χ0v) is 11.1. The fourth-order valence-electron chi connectivity index (χ4n) is 1.71. The van der Waals surface area contributed by atoms with Crippen LogP contribution in [0.1, 0.15) is 44.8 Å². The van der Waals surface area contributed by atoms with E-state index in [-0.39, 0.29) is 6.54 Å². The van der Waals surface area contributed by atoms with Crippen LogP contribution in [0.4, 0.5) is 0 Å². The molecule has 0 unspecified atom stereocenters. The molecule has 0 saturated heterocycles. The third-order valence-corrected chi connectivity index (χ3v) is 2.52. The van der Waals surface area contributed by atoms with Crippen LogP contribution in [-0.4, -0.2) is 39.2 Å². The zero-order chi connectivity index (χ0) is 13.4. The van der Waals surface area contributed by atoms with Crippen molar-refractivity contribution in [3.8, 4) is 0 Å². The van der Waals surface area contributed by atoms with Crippen LogP contribution in [0.15, 0.2) is 4.52 Å². The summed E-state index contributed by atoms with van der Waals surface area (Å²) in [7, 11) is 0. The minimum atomic E-state index is -0.835. The first-order valence-corrected chi connectivity index (χ1v) is 6.41. The molecule has 1 aromatic rings. The maximum Gasteiger partial charge on any atom is 0.317 e. The lowest BCUT2D eigenvalue weighted by molar-refractivity contribution is -0.138. The molecule has 0 radical (unpaired) electrons. The van der Waals surface area contributed by atoms with E-state index in [9.17, 15) is 4.79 Å². The number of aromatic nitrogens is 2. The Kier molecular flexibility index (Phi) is 6.35. The number of unbranched alkanes of at least 4 members (excludes halogenated alkanes) is 1. The Morgan fingerprint density at radius 1 is 1.39 bits per heavy atom. The number of carbonyl (C=O) groups is 1. The highest BCUT2D eigenvalue weighted by atomic mass is 16.5. The Balaban J connectivity index is 2.51. The summed E-state index contributed by atoms with van der Waals surface area (Å²) >= 11 is 0. The summed E-state index contributed by atoms with van der Waals surface area (Å²) in [5.41, 5.74) is 0. The topological polar surface area (TPSA) is 79.5 Å². The number of nitrogens with zero attached hydrogens (tertiary/aromatic N) is 3. The van der Waals surface area contributed by atoms with E-state index < -0.39 is 5.97 Å². The lowest BCUT2D eigenvalue weighted by Gasteiger charge is -2.16. The molecular weight excluding hydrogens is 234 g/mol. The molecule has 0 aliphatic heterocycles. The van der Waals surface area contributed by atoms with Crippen LogP contribution in [0.3, 0.4) is 0 Å². The SMILES string of the molecule is CCCCc1nc(CN(CCC)CC(=O)O)no1. The smallest absolute Gasteiger partial charge is 0.317 e. The molecule has 0 aromatic carbocycles. The van der Waals surface area contributed by atoms with E-state index in [4.69, 9.17) is 9.63 Å². The van der Waals surface area contributed by atoms with E-state index in [0.29, 0.717) is 24.8 Å². The molecule has 102 valence electrons. The van der Waals surface area contributed by atoms with E-state index in [1.54, 1.807) is 4.90 Å². The molecule has 1 aromatic heterocycles. The van der Waals surface area contributed by atoms with Gasteiger partial charge in [0.1, 0.15) is 0 Å². The van der Waals surface area contributed by atoms with Crippen molar-refractivity contribution >= 4 is 5.97 Å². The Morgan fingerprint density at radius 3 is 2.78 bits per heavy atom. The number of aryl methyl sites for hydroxylation is 1. The van der Waals surface area contributed by atoms with Gasteiger partial charge in [0.2, 0.25) is 5.89 Å². The Labute approximate surface area is 107 Å². The van der Waals surface area contributed by atoms with Gasteiger partial charge in [0, 0.05) is 6.42 Å². The van der Waals surface area contributed by atoms with Crippen LogP contribution in [-0.2, 0) is 17.8 Å². The first-order valence-electron chi connectivity index (χ1n) is 6.41. The molecule has 0 spiro atoms. The van der Waals surface area contributed by atoms with E-state index in [0.717, 1.165) is 25.7 Å². The number of carboxylic acids is 1. The molecule has 0 saturated carbocycles. The van der Waals surface area contributed by atoms with Crippen LogP contribution in [0, 0.1) is 0 Å². The van der Waals surface area contributed by atoms with Gasteiger partial charge < -0.3 is 9.63 Å². The van der Waals surface area contributed by atoms with Crippen molar-refractivity contribution in [2.75, 3.05) is 13.1 Å². The second-order valence-electron chi connectivity index (χ2n) is 4.31. The quantitative estimate of drug-likeness (QED) is 0.723. The summed E-state index contributed by atoms with van der Waals surface area (Å²) in [5, 5.41) is 12.7. The van der Waals surface area contributed by atoms with E-state index in [1.165, 1.54) is 0 Å². The Hall–Kier alpha value is -1.43. The molecule has 0 aliphatic rings. The van der Waals surface area contributed by atoms with E-state index in [2.05, 4.69) is 17.1 Å². The van der Waals surface area contributed by atoms with Crippen LogP contribution in [0.2, 0.25) is 0 Å². The third kappa shape index (κ3) is 5.27. The third-order valence-electron chi connectivity index (χ3n) is 2.52. The fourth-order valence-corrected chi connectivity index (χ4v) is 1.71. The molecule has 1 N–H and O–H groups in total.